The molecule has 0 heterocycles. The molecule has 150 valence electrons. The second kappa shape index (κ2) is 9.78. The second-order valence-electron chi connectivity index (χ2n) is 7.26. The van der Waals surface area contributed by atoms with Crippen LogP contribution in [0.3, 0.4) is 0 Å². The Kier molecular flexibility index (Phi) is 7.44. The number of carbonyl (C=O) groups is 2. The molecule has 0 spiro atoms. The van der Waals surface area contributed by atoms with Gasteiger partial charge in [-0.15, -0.1) is 0 Å². The van der Waals surface area contributed by atoms with E-state index in [1.54, 1.807) is 24.3 Å². The van der Waals surface area contributed by atoms with Crippen LogP contribution in [0.15, 0.2) is 48.5 Å². The summed E-state index contributed by atoms with van der Waals surface area (Å²) in [5.41, 5.74) is 3.56. The third-order valence-corrected chi connectivity index (χ3v) is 4.48. The van der Waals surface area contributed by atoms with Crippen molar-refractivity contribution in [2.75, 3.05) is 11.9 Å². The molecular weight excluding hydrogens is 356 g/mol. The number of nitrogens with one attached hydrogen (secondary N) is 2. The van der Waals surface area contributed by atoms with Crippen molar-refractivity contribution in [3.63, 3.8) is 0 Å². The molecule has 2 rings (SSSR count). The topological polar surface area (TPSA) is 87.7 Å². The molecule has 0 fully saturated rings. The van der Waals surface area contributed by atoms with Gasteiger partial charge in [0, 0.05) is 0 Å². The lowest BCUT2D eigenvalue weighted by Gasteiger charge is -2.21. The molecule has 1 atom stereocenters. The van der Waals surface area contributed by atoms with Crippen LogP contribution in [0.1, 0.15) is 62.3 Å². The Hall–Kier alpha value is -3.02. The molecule has 0 bridgehead atoms. The fraction of sp³-hybridized carbons (Fsp3) is 0.364. The van der Waals surface area contributed by atoms with Gasteiger partial charge in [0.1, 0.15) is 6.61 Å². The minimum Gasteiger partial charge on any atom is -0.465 e. The maximum atomic E-state index is 12.5. The van der Waals surface area contributed by atoms with Gasteiger partial charge < -0.3 is 15.2 Å². The van der Waals surface area contributed by atoms with Gasteiger partial charge in [-0.2, -0.15) is 0 Å². The quantitative estimate of drug-likeness (QED) is 0.589. The minimum absolute atomic E-state index is 0.108. The number of hydrogen-bond donors (Lipinski definition) is 3. The van der Waals surface area contributed by atoms with Crippen molar-refractivity contribution in [2.24, 2.45) is 0 Å². The van der Waals surface area contributed by atoms with Crippen molar-refractivity contribution in [1.82, 2.24) is 5.32 Å². The van der Waals surface area contributed by atoms with Crippen LogP contribution in [-0.2, 0) is 4.74 Å². The van der Waals surface area contributed by atoms with Gasteiger partial charge in [0.25, 0.3) is 0 Å². The summed E-state index contributed by atoms with van der Waals surface area (Å²) in [6.45, 7) is 8.16. The van der Waals surface area contributed by atoms with E-state index in [4.69, 9.17) is 9.84 Å². The Morgan fingerprint density at radius 2 is 1.50 bits per heavy atom. The molecule has 28 heavy (non-hydrogen) atoms. The Morgan fingerprint density at radius 1 is 0.929 bits per heavy atom. The maximum Gasteiger partial charge on any atom is 0.411 e. The molecule has 6 nitrogen and oxygen atoms in total. The lowest BCUT2D eigenvalue weighted by molar-refractivity contribution is 0.141. The van der Waals surface area contributed by atoms with Crippen molar-refractivity contribution in [2.45, 2.75) is 45.6 Å². The van der Waals surface area contributed by atoms with Crippen LogP contribution in [0.4, 0.5) is 15.3 Å². The highest BCUT2D eigenvalue weighted by Gasteiger charge is 2.19. The number of ether oxygens (including phenoxy) is 1. The predicted octanol–water partition coefficient (Wildman–Crippen LogP) is 5.49. The number of hydrogen-bond acceptors (Lipinski definition) is 3. The van der Waals surface area contributed by atoms with E-state index in [1.165, 1.54) is 0 Å². The Bertz CT molecular complexity index is 777. The second-order valence-corrected chi connectivity index (χ2v) is 7.26. The summed E-state index contributed by atoms with van der Waals surface area (Å²) in [6, 6.07) is 14.3. The number of para-hydroxylation sites is 1. The highest BCUT2D eigenvalue weighted by atomic mass is 16.5. The summed E-state index contributed by atoms with van der Waals surface area (Å²) in [6.07, 6.45) is -1.78. The van der Waals surface area contributed by atoms with Gasteiger partial charge in [-0.1, -0.05) is 76.2 Å². The first kappa shape index (κ1) is 21.3. The van der Waals surface area contributed by atoms with E-state index in [1.807, 2.05) is 24.3 Å². The van der Waals surface area contributed by atoms with Gasteiger partial charge in [0.15, 0.2) is 0 Å². The third kappa shape index (κ3) is 5.74. The van der Waals surface area contributed by atoms with Crippen molar-refractivity contribution in [3.05, 3.63) is 65.2 Å². The van der Waals surface area contributed by atoms with Gasteiger partial charge in [0.05, 0.1) is 11.7 Å². The summed E-state index contributed by atoms with van der Waals surface area (Å²) in [7, 11) is 0. The van der Waals surface area contributed by atoms with Crippen LogP contribution in [-0.4, -0.2) is 23.9 Å². The normalized spacial score (nSPS) is 11.9. The zero-order chi connectivity index (χ0) is 20.7. The first-order valence-corrected chi connectivity index (χ1v) is 9.40. The molecule has 2 aromatic rings. The Balaban J connectivity index is 2.14. The highest BCUT2D eigenvalue weighted by Crippen LogP contribution is 2.32. The Labute approximate surface area is 165 Å². The molecule has 2 aromatic carbocycles. The molecule has 0 saturated carbocycles. The molecule has 0 saturated heterocycles. The van der Waals surface area contributed by atoms with E-state index < -0.39 is 18.2 Å². The zero-order valence-electron chi connectivity index (χ0n) is 16.7. The van der Waals surface area contributed by atoms with E-state index >= 15 is 0 Å². The van der Waals surface area contributed by atoms with E-state index in [9.17, 15) is 9.59 Å². The van der Waals surface area contributed by atoms with Crippen LogP contribution >= 0.6 is 0 Å². The van der Waals surface area contributed by atoms with Crippen LogP contribution in [0.25, 0.3) is 0 Å². The standard InChI is InChI=1S/C22H28N2O4/c1-14(2)17-11-8-12-18(15(3)4)20(17)24-22(27)28-13-19(23-21(25)26)16-9-6-5-7-10-16/h5-12,14-15,19,23H,13H2,1-4H3,(H,24,27)(H,25,26)/t19-/m0/s1. The number of carboxylic acid groups (broad SMARTS) is 1. The SMILES string of the molecule is CC(C)c1cccc(C(C)C)c1NC(=O)OC[C@H](NC(=O)O)c1ccccc1. The lowest BCUT2D eigenvalue weighted by Crippen LogP contribution is -2.31. The molecular formula is C22H28N2O4. The molecule has 3 N–H and O–H groups in total. The van der Waals surface area contributed by atoms with Crippen molar-refractivity contribution in [1.29, 1.82) is 0 Å². The maximum absolute atomic E-state index is 12.5. The van der Waals surface area contributed by atoms with Crippen LogP contribution < -0.4 is 10.6 Å². The molecule has 2 amide bonds. The fourth-order valence-corrected chi connectivity index (χ4v) is 3.05. The number of anilines is 1. The third-order valence-electron chi connectivity index (χ3n) is 4.48. The lowest BCUT2D eigenvalue weighted by atomic mass is 9.93. The first-order valence-electron chi connectivity index (χ1n) is 9.40. The smallest absolute Gasteiger partial charge is 0.411 e. The van der Waals surface area contributed by atoms with Crippen molar-refractivity contribution >= 4 is 17.9 Å². The van der Waals surface area contributed by atoms with Crippen molar-refractivity contribution in [3.8, 4) is 0 Å². The highest BCUT2D eigenvalue weighted by molar-refractivity contribution is 5.87. The number of benzene rings is 2. The van der Waals surface area contributed by atoms with E-state index in [2.05, 4.69) is 38.3 Å². The monoisotopic (exact) mass is 384 g/mol. The summed E-state index contributed by atoms with van der Waals surface area (Å²) in [5, 5.41) is 14.3. The van der Waals surface area contributed by atoms with E-state index in [0.717, 1.165) is 22.4 Å². The Morgan fingerprint density at radius 3 is 2.00 bits per heavy atom. The molecule has 0 aliphatic rings. The zero-order valence-corrected chi connectivity index (χ0v) is 16.7. The minimum atomic E-state index is -1.18. The van der Waals surface area contributed by atoms with Crippen LogP contribution in [0, 0.1) is 0 Å². The average Bonchev–Trinajstić information content (AvgIpc) is 2.65. The van der Waals surface area contributed by atoms with Gasteiger partial charge in [-0.3, -0.25) is 5.32 Å². The molecule has 0 radical (unpaired) electrons. The number of rotatable bonds is 7. The van der Waals surface area contributed by atoms with Gasteiger partial charge in [0.2, 0.25) is 0 Å². The number of amides is 2. The van der Waals surface area contributed by atoms with E-state index in [0.29, 0.717) is 0 Å². The summed E-state index contributed by atoms with van der Waals surface area (Å²) < 4.78 is 5.36. The molecule has 6 heteroatoms. The first-order chi connectivity index (χ1) is 13.3. The summed E-state index contributed by atoms with van der Waals surface area (Å²) >= 11 is 0. The number of carbonyl (C=O) groups excluding carboxylic acids is 1. The fourth-order valence-electron chi connectivity index (χ4n) is 3.05. The molecule has 0 aromatic heterocycles. The van der Waals surface area contributed by atoms with Gasteiger partial charge in [-0.25, -0.2) is 9.59 Å². The summed E-state index contributed by atoms with van der Waals surface area (Å²) in [4.78, 5) is 23.6. The van der Waals surface area contributed by atoms with Crippen LogP contribution in [0.5, 0.6) is 0 Å². The largest absolute Gasteiger partial charge is 0.465 e. The average molecular weight is 384 g/mol. The van der Waals surface area contributed by atoms with Crippen molar-refractivity contribution < 1.29 is 19.4 Å². The van der Waals surface area contributed by atoms with Gasteiger partial charge in [-0.05, 0) is 28.5 Å². The van der Waals surface area contributed by atoms with Gasteiger partial charge >= 0.3 is 12.2 Å². The summed E-state index contributed by atoms with van der Waals surface area (Å²) in [5.74, 6) is 0.472. The molecule has 0 aliphatic heterocycles. The molecule has 0 aliphatic carbocycles. The van der Waals surface area contributed by atoms with Crippen LogP contribution in [0.2, 0.25) is 0 Å². The molecule has 0 unspecified atom stereocenters. The van der Waals surface area contributed by atoms with E-state index in [-0.39, 0.29) is 18.4 Å². The predicted molar refractivity (Wildman–Crippen MR) is 110 cm³/mol.